The summed E-state index contributed by atoms with van der Waals surface area (Å²) in [6.07, 6.45) is 0.241. The quantitative estimate of drug-likeness (QED) is 0.488. The Hall–Kier alpha value is -2.76. The van der Waals surface area contributed by atoms with Crippen molar-refractivity contribution in [3.05, 3.63) is 119 Å². The number of aliphatic hydroxyl groups excluding tert-OH is 1. The van der Waals surface area contributed by atoms with E-state index in [4.69, 9.17) is 14.2 Å². The molecule has 0 amide bonds. The first kappa shape index (κ1) is 21.5. The smallest absolute Gasteiger partial charge is 0.117 e. The molecule has 3 aromatic rings. The number of aliphatic hydroxyl groups is 1. The lowest BCUT2D eigenvalue weighted by atomic mass is 10.1. The van der Waals surface area contributed by atoms with Gasteiger partial charge in [-0.1, -0.05) is 91.0 Å². The Kier molecular flexibility index (Phi) is 7.64. The van der Waals surface area contributed by atoms with Crippen LogP contribution in [0.15, 0.2) is 103 Å². The van der Waals surface area contributed by atoms with Crippen LogP contribution in [0.2, 0.25) is 0 Å². The summed E-state index contributed by atoms with van der Waals surface area (Å²) in [4.78, 5) is 0. The minimum atomic E-state index is -0.736. The van der Waals surface area contributed by atoms with Gasteiger partial charge in [0, 0.05) is 0 Å². The molecule has 0 aliphatic heterocycles. The Morgan fingerprint density at radius 3 is 1.61 bits per heavy atom. The van der Waals surface area contributed by atoms with Crippen molar-refractivity contribution in [3.8, 4) is 0 Å². The zero-order valence-corrected chi connectivity index (χ0v) is 17.5. The summed E-state index contributed by atoms with van der Waals surface area (Å²) < 4.78 is 18.3. The van der Waals surface area contributed by atoms with E-state index in [2.05, 4.69) is 0 Å². The Bertz CT molecular complexity index is 941. The third-order valence-corrected chi connectivity index (χ3v) is 5.32. The molecule has 3 atom stereocenters. The third kappa shape index (κ3) is 6.12. The van der Waals surface area contributed by atoms with Gasteiger partial charge in [-0.05, 0) is 28.3 Å². The van der Waals surface area contributed by atoms with Gasteiger partial charge in [-0.15, -0.1) is 0 Å². The van der Waals surface area contributed by atoms with E-state index >= 15 is 0 Å². The second-order valence-electron chi connectivity index (χ2n) is 7.69. The predicted octanol–water partition coefficient (Wildman–Crippen LogP) is 4.67. The number of hydrogen-bond donors (Lipinski definition) is 1. The standard InChI is InChI=1S/C27H28O4/c28-25-16-24(20-29-17-21-10-4-1-5-11-21)26(30-18-22-12-6-2-7-13-22)27(25)31-19-23-14-8-3-9-15-23/h1-16,25-28H,17-20H2/t25-,26-,27-/m1/s1. The second kappa shape index (κ2) is 11.0. The molecule has 4 rings (SSSR count). The van der Waals surface area contributed by atoms with Gasteiger partial charge in [0.2, 0.25) is 0 Å². The van der Waals surface area contributed by atoms with Gasteiger partial charge in [0.1, 0.15) is 18.3 Å². The largest absolute Gasteiger partial charge is 0.386 e. The highest BCUT2D eigenvalue weighted by Crippen LogP contribution is 2.28. The molecule has 0 heterocycles. The van der Waals surface area contributed by atoms with Crippen molar-refractivity contribution < 1.29 is 19.3 Å². The molecule has 0 radical (unpaired) electrons. The minimum Gasteiger partial charge on any atom is -0.386 e. The van der Waals surface area contributed by atoms with Crippen molar-refractivity contribution in [2.24, 2.45) is 0 Å². The molecule has 0 unspecified atom stereocenters. The summed E-state index contributed by atoms with van der Waals surface area (Å²) in [7, 11) is 0. The summed E-state index contributed by atoms with van der Waals surface area (Å²) in [5, 5.41) is 10.7. The van der Waals surface area contributed by atoms with E-state index in [0.29, 0.717) is 26.4 Å². The van der Waals surface area contributed by atoms with E-state index in [1.54, 1.807) is 0 Å². The second-order valence-corrected chi connectivity index (χ2v) is 7.69. The minimum absolute atomic E-state index is 0.366. The summed E-state index contributed by atoms with van der Waals surface area (Å²) in [5.41, 5.74) is 4.17. The maximum absolute atomic E-state index is 10.7. The molecule has 4 heteroatoms. The van der Waals surface area contributed by atoms with Crippen LogP contribution in [0.5, 0.6) is 0 Å². The molecule has 0 fully saturated rings. The zero-order chi connectivity index (χ0) is 21.3. The number of rotatable bonds is 10. The van der Waals surface area contributed by atoms with E-state index in [1.807, 2.05) is 97.1 Å². The Morgan fingerprint density at radius 1 is 0.581 bits per heavy atom. The average Bonchev–Trinajstić information content (AvgIpc) is 3.12. The van der Waals surface area contributed by atoms with Crippen LogP contribution >= 0.6 is 0 Å². The molecule has 3 aromatic carbocycles. The fourth-order valence-electron chi connectivity index (χ4n) is 3.71. The van der Waals surface area contributed by atoms with Crippen LogP contribution in [0.4, 0.5) is 0 Å². The fraction of sp³-hybridized carbons (Fsp3) is 0.259. The lowest BCUT2D eigenvalue weighted by molar-refractivity contribution is -0.0988. The Balaban J connectivity index is 1.40. The first-order chi connectivity index (χ1) is 15.3. The summed E-state index contributed by atoms with van der Waals surface area (Å²) in [6.45, 7) is 1.75. The maximum atomic E-state index is 10.7. The fourth-order valence-corrected chi connectivity index (χ4v) is 3.71. The van der Waals surface area contributed by atoms with Gasteiger partial charge < -0.3 is 19.3 Å². The normalized spacial score (nSPS) is 20.5. The molecule has 1 N–H and O–H groups in total. The van der Waals surface area contributed by atoms with Crippen LogP contribution in [-0.4, -0.2) is 30.0 Å². The molecular formula is C27H28O4. The van der Waals surface area contributed by atoms with Gasteiger partial charge >= 0.3 is 0 Å². The lowest BCUT2D eigenvalue weighted by Gasteiger charge is -2.25. The van der Waals surface area contributed by atoms with E-state index in [0.717, 1.165) is 22.3 Å². The van der Waals surface area contributed by atoms with Crippen LogP contribution < -0.4 is 0 Å². The summed E-state index contributed by atoms with van der Waals surface area (Å²) in [6, 6.07) is 30.0. The number of hydrogen-bond acceptors (Lipinski definition) is 4. The van der Waals surface area contributed by atoms with Crippen molar-refractivity contribution in [2.75, 3.05) is 6.61 Å². The van der Waals surface area contributed by atoms with E-state index < -0.39 is 12.2 Å². The van der Waals surface area contributed by atoms with Crippen LogP contribution in [0.3, 0.4) is 0 Å². The molecule has 1 aliphatic carbocycles. The first-order valence-electron chi connectivity index (χ1n) is 10.6. The molecule has 0 aromatic heterocycles. The van der Waals surface area contributed by atoms with Crippen molar-refractivity contribution in [1.82, 2.24) is 0 Å². The van der Waals surface area contributed by atoms with Crippen LogP contribution in [0.25, 0.3) is 0 Å². The number of ether oxygens (including phenoxy) is 3. The van der Waals surface area contributed by atoms with Gasteiger partial charge in [-0.3, -0.25) is 0 Å². The SMILES string of the molecule is O[C@@H]1C=C(COCc2ccccc2)[C@@H](OCc2ccccc2)[C@@H]1OCc1ccccc1. The molecule has 31 heavy (non-hydrogen) atoms. The maximum Gasteiger partial charge on any atom is 0.117 e. The lowest BCUT2D eigenvalue weighted by Crippen LogP contribution is -2.36. The highest BCUT2D eigenvalue weighted by Gasteiger charge is 2.38. The zero-order valence-electron chi connectivity index (χ0n) is 17.5. The highest BCUT2D eigenvalue weighted by molar-refractivity contribution is 5.24. The van der Waals surface area contributed by atoms with Gasteiger partial charge in [0.15, 0.2) is 0 Å². The van der Waals surface area contributed by atoms with E-state index in [9.17, 15) is 5.11 Å². The Morgan fingerprint density at radius 2 is 1.06 bits per heavy atom. The van der Waals surface area contributed by atoms with Crippen molar-refractivity contribution in [2.45, 2.75) is 38.1 Å². The van der Waals surface area contributed by atoms with E-state index in [-0.39, 0.29) is 6.10 Å². The Labute approximate surface area is 183 Å². The van der Waals surface area contributed by atoms with Crippen molar-refractivity contribution in [1.29, 1.82) is 0 Å². The molecular weight excluding hydrogens is 388 g/mol. The van der Waals surface area contributed by atoms with Crippen molar-refractivity contribution >= 4 is 0 Å². The van der Waals surface area contributed by atoms with Crippen LogP contribution in [-0.2, 0) is 34.0 Å². The van der Waals surface area contributed by atoms with Gasteiger partial charge in [-0.2, -0.15) is 0 Å². The number of benzene rings is 3. The molecule has 0 spiro atoms. The van der Waals surface area contributed by atoms with Crippen LogP contribution in [0, 0.1) is 0 Å². The molecule has 1 aliphatic rings. The van der Waals surface area contributed by atoms with Crippen molar-refractivity contribution in [3.63, 3.8) is 0 Å². The summed E-state index contributed by atoms with van der Waals surface area (Å²) >= 11 is 0. The van der Waals surface area contributed by atoms with Gasteiger partial charge in [0.25, 0.3) is 0 Å². The molecule has 0 saturated heterocycles. The predicted molar refractivity (Wildman–Crippen MR) is 120 cm³/mol. The topological polar surface area (TPSA) is 47.9 Å². The molecule has 160 valence electrons. The van der Waals surface area contributed by atoms with Gasteiger partial charge in [0.05, 0.1) is 26.4 Å². The third-order valence-electron chi connectivity index (χ3n) is 5.32. The highest BCUT2D eigenvalue weighted by atomic mass is 16.6. The van der Waals surface area contributed by atoms with Gasteiger partial charge in [-0.25, -0.2) is 0 Å². The molecule has 0 saturated carbocycles. The average molecular weight is 417 g/mol. The molecule has 0 bridgehead atoms. The monoisotopic (exact) mass is 416 g/mol. The van der Waals surface area contributed by atoms with Crippen LogP contribution in [0.1, 0.15) is 16.7 Å². The van der Waals surface area contributed by atoms with E-state index in [1.165, 1.54) is 0 Å². The molecule has 4 nitrogen and oxygen atoms in total. The first-order valence-corrected chi connectivity index (χ1v) is 10.6. The summed E-state index contributed by atoms with van der Waals surface area (Å²) in [5.74, 6) is 0.